The molecule has 1 N–H and O–H groups in total. The minimum absolute atomic E-state index is 0.0526. The van der Waals surface area contributed by atoms with E-state index in [1.807, 2.05) is 4.90 Å². The first-order valence-electron chi connectivity index (χ1n) is 7.83. The average molecular weight is 382 g/mol. The van der Waals surface area contributed by atoms with Crippen molar-refractivity contribution in [2.24, 2.45) is 0 Å². The van der Waals surface area contributed by atoms with Crippen molar-refractivity contribution < 1.29 is 31.4 Å². The summed E-state index contributed by atoms with van der Waals surface area (Å²) in [4.78, 5) is 1.66. The van der Waals surface area contributed by atoms with Gasteiger partial charge in [0.1, 0.15) is 0 Å². The molecule has 10 heteroatoms. The van der Waals surface area contributed by atoms with E-state index >= 15 is 0 Å². The number of aliphatic hydroxyl groups is 1. The fourth-order valence-corrected chi connectivity index (χ4v) is 4.00. The molecule has 1 heterocycles. The number of nitrogens with zero attached hydrogens (tertiary/aromatic N) is 2. The molecule has 142 valence electrons. The molecule has 0 unspecified atom stereocenters. The number of hydrogen-bond donors (Lipinski definition) is 1. The Bertz CT molecular complexity index is 659. The second-order valence-electron chi connectivity index (χ2n) is 5.61. The lowest BCUT2D eigenvalue weighted by Gasteiger charge is -2.33. The SMILES string of the molecule is O=S(=O)(c1cccc(C(F)(F)F)c1)N1CCN(CCOCCO)CC1. The summed E-state index contributed by atoms with van der Waals surface area (Å²) in [6.07, 6.45) is -4.58. The molecule has 25 heavy (non-hydrogen) atoms. The normalized spacial score (nSPS) is 17.8. The molecule has 2 rings (SSSR count). The number of aliphatic hydroxyl groups excluding tert-OH is 1. The Morgan fingerprint density at radius 1 is 1.12 bits per heavy atom. The lowest BCUT2D eigenvalue weighted by molar-refractivity contribution is -0.137. The van der Waals surface area contributed by atoms with Crippen molar-refractivity contribution in [1.29, 1.82) is 0 Å². The summed E-state index contributed by atoms with van der Waals surface area (Å²) in [5, 5.41) is 8.62. The topological polar surface area (TPSA) is 70.1 Å². The van der Waals surface area contributed by atoms with Gasteiger partial charge in [-0.15, -0.1) is 0 Å². The zero-order chi connectivity index (χ0) is 18.5. The molecule has 0 saturated carbocycles. The van der Waals surface area contributed by atoms with Gasteiger partial charge >= 0.3 is 6.18 Å². The number of benzene rings is 1. The maximum Gasteiger partial charge on any atom is 0.416 e. The van der Waals surface area contributed by atoms with Crippen LogP contribution >= 0.6 is 0 Å². The molecule has 0 spiro atoms. The smallest absolute Gasteiger partial charge is 0.394 e. The molecular weight excluding hydrogens is 361 g/mol. The molecule has 1 aromatic carbocycles. The third-order valence-corrected chi connectivity index (χ3v) is 5.81. The van der Waals surface area contributed by atoms with Crippen molar-refractivity contribution in [3.8, 4) is 0 Å². The van der Waals surface area contributed by atoms with Crippen LogP contribution in [0.4, 0.5) is 13.2 Å². The Morgan fingerprint density at radius 3 is 2.40 bits per heavy atom. The summed E-state index contributed by atoms with van der Waals surface area (Å²) in [5.41, 5.74) is -0.978. The van der Waals surface area contributed by atoms with E-state index in [1.54, 1.807) is 0 Å². The van der Waals surface area contributed by atoms with Gasteiger partial charge in [0.15, 0.2) is 0 Å². The molecule has 0 aliphatic carbocycles. The maximum absolute atomic E-state index is 12.8. The van der Waals surface area contributed by atoms with Crippen LogP contribution in [0.3, 0.4) is 0 Å². The first kappa shape index (κ1) is 20.1. The van der Waals surface area contributed by atoms with Crippen molar-refractivity contribution in [1.82, 2.24) is 9.21 Å². The summed E-state index contributed by atoms with van der Waals surface area (Å²) in [6, 6.07) is 3.80. The quantitative estimate of drug-likeness (QED) is 0.713. The van der Waals surface area contributed by atoms with Gasteiger partial charge in [-0.25, -0.2) is 8.42 Å². The predicted octanol–water partition coefficient (Wildman–Crippen LogP) is 1.02. The number of halogens is 3. The molecule has 0 atom stereocenters. The Morgan fingerprint density at radius 2 is 1.80 bits per heavy atom. The molecular formula is C15H21F3N2O4S. The van der Waals surface area contributed by atoms with Gasteiger partial charge in [-0.05, 0) is 18.2 Å². The van der Waals surface area contributed by atoms with E-state index < -0.39 is 21.8 Å². The molecule has 0 bridgehead atoms. The van der Waals surface area contributed by atoms with Crippen LogP contribution in [0, 0.1) is 0 Å². The summed E-state index contributed by atoms with van der Waals surface area (Å²) in [5.74, 6) is 0. The van der Waals surface area contributed by atoms with Crippen molar-refractivity contribution in [3.05, 3.63) is 29.8 Å². The maximum atomic E-state index is 12.8. The van der Waals surface area contributed by atoms with Crippen molar-refractivity contribution >= 4 is 10.0 Å². The van der Waals surface area contributed by atoms with Crippen molar-refractivity contribution in [2.75, 3.05) is 52.5 Å². The molecule has 1 saturated heterocycles. The van der Waals surface area contributed by atoms with Crippen LogP contribution in [0.15, 0.2) is 29.2 Å². The summed E-state index contributed by atoms with van der Waals surface area (Å²) < 4.78 is 69.8. The lowest BCUT2D eigenvalue weighted by Crippen LogP contribution is -2.49. The molecule has 0 radical (unpaired) electrons. The van der Waals surface area contributed by atoms with Crippen LogP contribution in [0.25, 0.3) is 0 Å². The zero-order valence-corrected chi connectivity index (χ0v) is 14.4. The average Bonchev–Trinajstić information content (AvgIpc) is 2.58. The van der Waals surface area contributed by atoms with Gasteiger partial charge < -0.3 is 9.84 Å². The first-order chi connectivity index (χ1) is 11.7. The third-order valence-electron chi connectivity index (χ3n) is 3.92. The van der Waals surface area contributed by atoms with Gasteiger partial charge in [-0.2, -0.15) is 17.5 Å². The van der Waals surface area contributed by atoms with Crippen molar-refractivity contribution in [2.45, 2.75) is 11.1 Å². The minimum atomic E-state index is -4.58. The largest absolute Gasteiger partial charge is 0.416 e. The fraction of sp³-hybridized carbons (Fsp3) is 0.600. The van der Waals surface area contributed by atoms with Crippen LogP contribution in [0.5, 0.6) is 0 Å². The van der Waals surface area contributed by atoms with Gasteiger partial charge in [-0.1, -0.05) is 6.07 Å². The highest BCUT2D eigenvalue weighted by atomic mass is 32.2. The molecule has 1 aliphatic heterocycles. The van der Waals surface area contributed by atoms with E-state index in [-0.39, 0.29) is 31.2 Å². The number of alkyl halides is 3. The number of sulfonamides is 1. The number of hydrogen-bond acceptors (Lipinski definition) is 5. The van der Waals surface area contributed by atoms with E-state index in [0.717, 1.165) is 12.1 Å². The number of ether oxygens (including phenoxy) is 1. The van der Waals surface area contributed by atoms with Crippen LogP contribution in [-0.2, 0) is 20.9 Å². The molecule has 1 fully saturated rings. The zero-order valence-electron chi connectivity index (χ0n) is 13.6. The molecule has 1 aromatic rings. The van der Waals surface area contributed by atoms with Gasteiger partial charge in [0.25, 0.3) is 0 Å². The Labute approximate surface area is 144 Å². The second-order valence-corrected chi connectivity index (χ2v) is 7.55. The monoisotopic (exact) mass is 382 g/mol. The highest BCUT2D eigenvalue weighted by Gasteiger charge is 2.33. The van der Waals surface area contributed by atoms with Crippen LogP contribution < -0.4 is 0 Å². The van der Waals surface area contributed by atoms with E-state index in [0.29, 0.717) is 32.3 Å². The van der Waals surface area contributed by atoms with Crippen LogP contribution in [-0.4, -0.2) is 75.3 Å². The van der Waals surface area contributed by atoms with Crippen molar-refractivity contribution in [3.63, 3.8) is 0 Å². The summed E-state index contributed by atoms with van der Waals surface area (Å²) >= 11 is 0. The van der Waals surface area contributed by atoms with Gasteiger partial charge in [-0.3, -0.25) is 4.90 Å². The second kappa shape index (κ2) is 8.45. The molecule has 0 aromatic heterocycles. The van der Waals surface area contributed by atoms with E-state index in [1.165, 1.54) is 10.4 Å². The molecule has 0 amide bonds. The number of rotatable bonds is 7. The van der Waals surface area contributed by atoms with Gasteiger partial charge in [0.2, 0.25) is 10.0 Å². The Kier molecular flexibility index (Phi) is 6.80. The van der Waals surface area contributed by atoms with Gasteiger partial charge in [0.05, 0.1) is 30.3 Å². The molecule has 1 aliphatic rings. The number of piperazine rings is 1. The van der Waals surface area contributed by atoms with Crippen LogP contribution in [0.1, 0.15) is 5.56 Å². The third kappa shape index (κ3) is 5.38. The van der Waals surface area contributed by atoms with E-state index in [4.69, 9.17) is 9.84 Å². The summed E-state index contributed by atoms with van der Waals surface area (Å²) in [7, 11) is -3.96. The van der Waals surface area contributed by atoms with E-state index in [9.17, 15) is 21.6 Å². The molecule has 6 nitrogen and oxygen atoms in total. The highest BCUT2D eigenvalue weighted by molar-refractivity contribution is 7.89. The highest BCUT2D eigenvalue weighted by Crippen LogP contribution is 2.31. The Balaban J connectivity index is 1.98. The predicted molar refractivity (Wildman–Crippen MR) is 84.5 cm³/mol. The van der Waals surface area contributed by atoms with Crippen LogP contribution in [0.2, 0.25) is 0 Å². The standard InChI is InChI=1S/C15H21F3N2O4S/c16-15(17,18)13-2-1-3-14(12-13)25(22,23)20-6-4-19(5-7-20)8-10-24-11-9-21/h1-3,12,21H,4-11H2. The first-order valence-corrected chi connectivity index (χ1v) is 9.27. The van der Waals surface area contributed by atoms with E-state index in [2.05, 4.69) is 0 Å². The fourth-order valence-electron chi connectivity index (χ4n) is 2.54. The van der Waals surface area contributed by atoms with Gasteiger partial charge in [0, 0.05) is 32.7 Å². The summed E-state index contributed by atoms with van der Waals surface area (Å²) in [6.45, 7) is 2.60. The minimum Gasteiger partial charge on any atom is -0.394 e. The lowest BCUT2D eigenvalue weighted by atomic mass is 10.2. The Hall–Kier alpha value is -1.20.